The fourth-order valence-electron chi connectivity index (χ4n) is 2.96. The van der Waals surface area contributed by atoms with Crippen LogP contribution in [0.4, 0.5) is 5.69 Å². The van der Waals surface area contributed by atoms with Crippen molar-refractivity contribution in [1.29, 1.82) is 0 Å². The molecule has 0 amide bonds. The molecule has 1 aromatic heterocycles. The minimum atomic E-state index is -0.970. The van der Waals surface area contributed by atoms with Gasteiger partial charge in [-0.25, -0.2) is 0 Å². The molecule has 2 aromatic rings. The number of nitrogens with zero attached hydrogens (tertiary/aromatic N) is 2. The fraction of sp³-hybridized carbons (Fsp3) is 0.438. The number of benzene rings is 1. The number of nitrogens with two attached hydrogens (primary N) is 1. The Morgan fingerprint density at radius 3 is 2.82 bits per heavy atom. The minimum Gasteiger partial charge on any atom is -0.480 e. The molecule has 2 heterocycles. The van der Waals surface area contributed by atoms with Crippen LogP contribution in [0.5, 0.6) is 0 Å². The molecule has 1 unspecified atom stereocenters. The average molecular weight is 303 g/mol. The Labute approximate surface area is 129 Å². The molecule has 3 rings (SSSR count). The van der Waals surface area contributed by atoms with E-state index in [4.69, 9.17) is 15.6 Å². The number of aliphatic carboxylic acids is 1. The molecule has 1 atom stereocenters. The number of hydrogen-bond acceptors (Lipinski definition) is 4. The van der Waals surface area contributed by atoms with Crippen molar-refractivity contribution in [1.82, 2.24) is 4.57 Å². The van der Waals surface area contributed by atoms with Crippen molar-refractivity contribution in [3.63, 3.8) is 0 Å². The molecule has 1 aromatic carbocycles. The van der Waals surface area contributed by atoms with Gasteiger partial charge in [-0.2, -0.15) is 0 Å². The molecular weight excluding hydrogens is 282 g/mol. The van der Waals surface area contributed by atoms with Gasteiger partial charge in [-0.3, -0.25) is 4.79 Å². The monoisotopic (exact) mass is 303 g/mol. The summed E-state index contributed by atoms with van der Waals surface area (Å²) in [4.78, 5) is 13.3. The summed E-state index contributed by atoms with van der Waals surface area (Å²) in [6, 6.07) is 5.42. The number of aromatic nitrogens is 1. The highest BCUT2D eigenvalue weighted by molar-refractivity contribution is 5.88. The maximum atomic E-state index is 11.0. The van der Waals surface area contributed by atoms with Crippen molar-refractivity contribution >= 4 is 22.6 Å². The molecule has 0 bridgehead atoms. The summed E-state index contributed by atoms with van der Waals surface area (Å²) < 4.78 is 7.42. The third-order valence-electron chi connectivity index (χ3n) is 4.19. The number of ether oxygens (including phenoxy) is 1. The second kappa shape index (κ2) is 5.98. The summed E-state index contributed by atoms with van der Waals surface area (Å²) in [5, 5.41) is 10.1. The van der Waals surface area contributed by atoms with Crippen LogP contribution < -0.4 is 10.6 Å². The van der Waals surface area contributed by atoms with Gasteiger partial charge in [0.05, 0.1) is 18.7 Å². The van der Waals surface area contributed by atoms with Crippen molar-refractivity contribution in [2.45, 2.75) is 12.5 Å². The highest BCUT2D eigenvalue weighted by Gasteiger charge is 2.17. The Morgan fingerprint density at radius 1 is 1.41 bits per heavy atom. The molecule has 0 spiro atoms. The molecule has 6 heteroatoms. The molecular formula is C16H21N3O3. The lowest BCUT2D eigenvalue weighted by atomic mass is 10.1. The Bertz CT molecular complexity index is 689. The smallest absolute Gasteiger partial charge is 0.320 e. The molecule has 1 aliphatic rings. The summed E-state index contributed by atoms with van der Waals surface area (Å²) in [5.41, 5.74) is 8.90. The number of morpholine rings is 1. The number of carbonyl (C=O) groups is 1. The van der Waals surface area contributed by atoms with E-state index in [0.717, 1.165) is 42.8 Å². The zero-order chi connectivity index (χ0) is 15.7. The molecule has 6 nitrogen and oxygen atoms in total. The van der Waals surface area contributed by atoms with E-state index in [-0.39, 0.29) is 0 Å². The van der Waals surface area contributed by atoms with Crippen LogP contribution in [-0.2, 0) is 23.0 Å². The van der Waals surface area contributed by atoms with Crippen LogP contribution in [0.25, 0.3) is 10.9 Å². The van der Waals surface area contributed by atoms with E-state index in [1.54, 1.807) is 0 Å². The van der Waals surface area contributed by atoms with Crippen molar-refractivity contribution < 1.29 is 14.6 Å². The summed E-state index contributed by atoms with van der Waals surface area (Å²) in [5.74, 6) is -0.970. The molecule has 0 saturated carbocycles. The Morgan fingerprint density at radius 2 is 2.14 bits per heavy atom. The molecule has 1 aliphatic heterocycles. The lowest BCUT2D eigenvalue weighted by Gasteiger charge is -2.29. The van der Waals surface area contributed by atoms with E-state index in [1.165, 1.54) is 5.69 Å². The molecule has 118 valence electrons. The lowest BCUT2D eigenvalue weighted by molar-refractivity contribution is -0.138. The minimum absolute atomic E-state index is 0.337. The van der Waals surface area contributed by atoms with E-state index < -0.39 is 12.0 Å². The van der Waals surface area contributed by atoms with Crippen LogP contribution in [0, 0.1) is 0 Å². The Hall–Kier alpha value is -2.05. The van der Waals surface area contributed by atoms with E-state index in [0.29, 0.717) is 6.42 Å². The third-order valence-corrected chi connectivity index (χ3v) is 4.19. The van der Waals surface area contributed by atoms with Gasteiger partial charge in [-0.1, -0.05) is 6.07 Å². The number of anilines is 1. The molecule has 1 fully saturated rings. The predicted octanol–water partition coefficient (Wildman–Crippen LogP) is 0.969. The SMILES string of the molecule is Cn1cc(CC(N)C(=O)O)c2ccc(N3CCOCC3)cc21. The predicted molar refractivity (Wildman–Crippen MR) is 85.3 cm³/mol. The fourth-order valence-corrected chi connectivity index (χ4v) is 2.96. The van der Waals surface area contributed by atoms with Crippen LogP contribution in [0.2, 0.25) is 0 Å². The summed E-state index contributed by atoms with van der Waals surface area (Å²) in [7, 11) is 1.97. The topological polar surface area (TPSA) is 80.7 Å². The first-order chi connectivity index (χ1) is 10.6. The van der Waals surface area contributed by atoms with E-state index in [1.807, 2.05) is 17.8 Å². The van der Waals surface area contributed by atoms with Gasteiger partial charge in [0, 0.05) is 43.8 Å². The standard InChI is InChI=1S/C16H21N3O3/c1-18-10-11(8-14(17)16(20)21)13-3-2-12(9-15(13)18)19-4-6-22-7-5-19/h2-3,9-10,14H,4-8,17H2,1H3,(H,20,21). The second-order valence-electron chi connectivity index (χ2n) is 5.71. The van der Waals surface area contributed by atoms with Crippen LogP contribution in [0.3, 0.4) is 0 Å². The van der Waals surface area contributed by atoms with Gasteiger partial charge in [-0.15, -0.1) is 0 Å². The van der Waals surface area contributed by atoms with Crippen LogP contribution >= 0.6 is 0 Å². The van der Waals surface area contributed by atoms with E-state index >= 15 is 0 Å². The van der Waals surface area contributed by atoms with Crippen molar-refractivity contribution in [3.8, 4) is 0 Å². The van der Waals surface area contributed by atoms with Crippen LogP contribution in [0.15, 0.2) is 24.4 Å². The zero-order valence-electron chi connectivity index (χ0n) is 12.7. The van der Waals surface area contributed by atoms with Gasteiger partial charge in [0.1, 0.15) is 6.04 Å². The summed E-state index contributed by atoms with van der Waals surface area (Å²) in [6.45, 7) is 3.30. The Balaban J connectivity index is 1.92. The highest BCUT2D eigenvalue weighted by atomic mass is 16.5. The Kier molecular flexibility index (Phi) is 4.04. The maximum absolute atomic E-state index is 11.0. The zero-order valence-corrected chi connectivity index (χ0v) is 12.7. The van der Waals surface area contributed by atoms with Crippen molar-refractivity contribution in [2.75, 3.05) is 31.2 Å². The number of carboxylic acid groups (broad SMARTS) is 1. The van der Waals surface area contributed by atoms with Crippen molar-refractivity contribution in [3.05, 3.63) is 30.0 Å². The number of hydrogen-bond donors (Lipinski definition) is 2. The summed E-state index contributed by atoms with van der Waals surface area (Å²) in [6.07, 6.45) is 2.31. The normalized spacial score (nSPS) is 16.9. The maximum Gasteiger partial charge on any atom is 0.320 e. The van der Waals surface area contributed by atoms with Gasteiger partial charge in [0.25, 0.3) is 0 Å². The number of fused-ring (bicyclic) bond motifs is 1. The third kappa shape index (κ3) is 2.80. The van der Waals surface area contributed by atoms with Crippen LogP contribution in [-0.4, -0.2) is 48.0 Å². The lowest BCUT2D eigenvalue weighted by Crippen LogP contribution is -2.36. The molecule has 1 saturated heterocycles. The molecule has 0 aliphatic carbocycles. The van der Waals surface area contributed by atoms with Crippen molar-refractivity contribution in [2.24, 2.45) is 12.8 Å². The second-order valence-corrected chi connectivity index (χ2v) is 5.71. The molecule has 0 radical (unpaired) electrons. The van der Waals surface area contributed by atoms with Gasteiger partial charge in [0.2, 0.25) is 0 Å². The molecule has 22 heavy (non-hydrogen) atoms. The average Bonchev–Trinajstić information content (AvgIpc) is 2.84. The van der Waals surface area contributed by atoms with E-state index in [9.17, 15) is 4.79 Å². The summed E-state index contributed by atoms with van der Waals surface area (Å²) >= 11 is 0. The van der Waals surface area contributed by atoms with Gasteiger partial charge < -0.3 is 25.0 Å². The van der Waals surface area contributed by atoms with Gasteiger partial charge in [0.15, 0.2) is 0 Å². The molecule has 3 N–H and O–H groups in total. The number of carboxylic acids is 1. The van der Waals surface area contributed by atoms with Gasteiger partial charge >= 0.3 is 5.97 Å². The van der Waals surface area contributed by atoms with E-state index in [2.05, 4.69) is 23.1 Å². The van der Waals surface area contributed by atoms with Gasteiger partial charge in [-0.05, 0) is 17.7 Å². The quantitative estimate of drug-likeness (QED) is 0.879. The first-order valence-electron chi connectivity index (χ1n) is 7.45. The highest BCUT2D eigenvalue weighted by Crippen LogP contribution is 2.27. The number of rotatable bonds is 4. The number of aryl methyl sites for hydroxylation is 1. The first-order valence-corrected chi connectivity index (χ1v) is 7.45. The first kappa shape index (κ1) is 14.9. The largest absolute Gasteiger partial charge is 0.480 e. The van der Waals surface area contributed by atoms with Crippen LogP contribution in [0.1, 0.15) is 5.56 Å².